The lowest BCUT2D eigenvalue weighted by atomic mass is 10.0. The van der Waals surface area contributed by atoms with Gasteiger partial charge in [0, 0.05) is 61.6 Å². The third kappa shape index (κ3) is 4.45. The monoisotopic (exact) mass is 532 g/mol. The molecule has 11 nitrogen and oxygen atoms in total. The predicted molar refractivity (Wildman–Crippen MR) is 143 cm³/mol. The molecule has 0 aliphatic carbocycles. The third-order valence-electron chi connectivity index (χ3n) is 6.76. The Kier molecular flexibility index (Phi) is 6.20. The zero-order valence-corrected chi connectivity index (χ0v) is 21.4. The summed E-state index contributed by atoms with van der Waals surface area (Å²) in [6.07, 6.45) is 0.878. The lowest BCUT2D eigenvalue weighted by molar-refractivity contribution is 0.142. The lowest BCUT2D eigenvalue weighted by Gasteiger charge is -2.33. The van der Waals surface area contributed by atoms with Crippen molar-refractivity contribution in [2.45, 2.75) is 6.54 Å². The molecule has 2 N–H and O–H groups in total. The number of amides is 1. The van der Waals surface area contributed by atoms with Crippen LogP contribution in [-0.2, 0) is 6.54 Å². The van der Waals surface area contributed by atoms with Crippen molar-refractivity contribution in [3.63, 3.8) is 0 Å². The van der Waals surface area contributed by atoms with Gasteiger partial charge >= 0.3 is 6.09 Å². The first-order valence-electron chi connectivity index (χ1n) is 12.2. The summed E-state index contributed by atoms with van der Waals surface area (Å²) in [4.78, 5) is 33.1. The Morgan fingerprint density at radius 1 is 1.05 bits per heavy atom. The molecule has 1 amide bonds. The van der Waals surface area contributed by atoms with E-state index in [1.54, 1.807) is 13.3 Å². The molecule has 1 aromatic carbocycles. The van der Waals surface area contributed by atoms with Gasteiger partial charge in [0.05, 0.1) is 7.11 Å². The summed E-state index contributed by atoms with van der Waals surface area (Å²) in [5, 5.41) is 13.4. The van der Waals surface area contributed by atoms with E-state index < -0.39 is 6.09 Å². The third-order valence-corrected chi connectivity index (χ3v) is 7.01. The van der Waals surface area contributed by atoms with Gasteiger partial charge in [-0.2, -0.15) is 9.97 Å². The topological polar surface area (TPSA) is 121 Å². The molecule has 194 valence electrons. The average Bonchev–Trinajstić information content (AvgIpc) is 3.44. The highest BCUT2D eigenvalue weighted by atomic mass is 35.5. The summed E-state index contributed by atoms with van der Waals surface area (Å²) in [6.45, 7) is 3.54. The molecule has 5 heterocycles. The van der Waals surface area contributed by atoms with Crippen LogP contribution in [0.4, 0.5) is 22.1 Å². The Morgan fingerprint density at radius 2 is 1.84 bits per heavy atom. The minimum Gasteiger partial charge on any atom is -0.479 e. The number of rotatable bonds is 4. The van der Waals surface area contributed by atoms with E-state index in [1.807, 2.05) is 41.3 Å². The number of ether oxygens (including phenoxy) is 1. The van der Waals surface area contributed by atoms with E-state index in [4.69, 9.17) is 21.3 Å². The van der Waals surface area contributed by atoms with Gasteiger partial charge in [-0.1, -0.05) is 23.7 Å². The minimum atomic E-state index is -0.902. The fraction of sp³-hybridized carbons (Fsp3) is 0.269. The predicted octanol–water partition coefficient (Wildman–Crippen LogP) is 3.56. The van der Waals surface area contributed by atoms with Crippen LogP contribution in [0.3, 0.4) is 0 Å². The van der Waals surface area contributed by atoms with Gasteiger partial charge in [0.25, 0.3) is 5.62 Å². The van der Waals surface area contributed by atoms with Crippen molar-refractivity contribution in [3.8, 4) is 28.4 Å². The second kappa shape index (κ2) is 9.82. The summed E-state index contributed by atoms with van der Waals surface area (Å²) >= 11 is 6.09. The number of hydrogen-bond donors (Lipinski definition) is 2. The molecule has 1 saturated heterocycles. The lowest BCUT2D eigenvalue weighted by Crippen LogP contribution is -2.48. The van der Waals surface area contributed by atoms with E-state index in [-0.39, 0.29) is 0 Å². The standard InChI is InChI=1S/C26H25ClN8O3/c1-38-24-20(6-7-21(31-24)33-10-12-34(13-11-33)26(36)37)30-25-29-15-17-14-19(16-2-4-18(27)5-3-16)23-28-8-9-35(23)22(17)32-25/h2-7,14-15,28H,8-13H2,1H3,(H,36,37). The van der Waals surface area contributed by atoms with Gasteiger partial charge in [0.2, 0.25) is 5.88 Å². The summed E-state index contributed by atoms with van der Waals surface area (Å²) < 4.78 is 7.67. The van der Waals surface area contributed by atoms with Crippen molar-refractivity contribution in [1.82, 2.24) is 24.4 Å². The van der Waals surface area contributed by atoms with E-state index in [2.05, 4.69) is 30.9 Å². The summed E-state index contributed by atoms with van der Waals surface area (Å²) in [5.41, 5.74) is 3.84. The van der Waals surface area contributed by atoms with Crippen LogP contribution in [0.2, 0.25) is 5.02 Å². The fourth-order valence-electron chi connectivity index (χ4n) is 4.83. The number of benzene rings is 1. The molecular formula is C26H25ClN8O3. The van der Waals surface area contributed by atoms with Crippen LogP contribution in [-0.4, -0.2) is 75.5 Å². The Morgan fingerprint density at radius 3 is 2.58 bits per heavy atom. The molecular weight excluding hydrogens is 508 g/mol. The van der Waals surface area contributed by atoms with Gasteiger partial charge in [-0.3, -0.25) is 0 Å². The Balaban J connectivity index is 1.34. The molecule has 38 heavy (non-hydrogen) atoms. The average molecular weight is 533 g/mol. The molecule has 0 atom stereocenters. The number of methoxy groups -OCH3 is 1. The highest BCUT2D eigenvalue weighted by Crippen LogP contribution is 2.37. The first-order chi connectivity index (χ1) is 18.5. The van der Waals surface area contributed by atoms with E-state index in [1.165, 1.54) is 4.90 Å². The van der Waals surface area contributed by atoms with Crippen LogP contribution < -0.4 is 20.6 Å². The largest absolute Gasteiger partial charge is 0.479 e. The van der Waals surface area contributed by atoms with Crippen LogP contribution in [0.25, 0.3) is 22.5 Å². The van der Waals surface area contributed by atoms with E-state index in [0.29, 0.717) is 54.2 Å². The second-order valence-electron chi connectivity index (χ2n) is 9.01. The molecule has 12 heteroatoms. The van der Waals surface area contributed by atoms with Gasteiger partial charge in [0.1, 0.15) is 23.1 Å². The number of fused-ring (bicyclic) bond motifs is 3. The molecule has 2 aromatic rings. The number of hydrogen-bond acceptors (Lipinski definition) is 8. The summed E-state index contributed by atoms with van der Waals surface area (Å²) in [5.74, 6) is 2.84. The van der Waals surface area contributed by atoms with Gasteiger partial charge < -0.3 is 29.5 Å². The molecule has 0 bridgehead atoms. The zero-order valence-electron chi connectivity index (χ0n) is 20.6. The first kappa shape index (κ1) is 24.0. The second-order valence-corrected chi connectivity index (χ2v) is 9.44. The van der Waals surface area contributed by atoms with Gasteiger partial charge in [0.15, 0.2) is 0 Å². The maximum absolute atomic E-state index is 11.2. The molecule has 6 rings (SSSR count). The Hall–Kier alpha value is -4.38. The minimum absolute atomic E-state index is 0.307. The molecule has 4 aliphatic rings. The maximum Gasteiger partial charge on any atom is 0.407 e. The van der Waals surface area contributed by atoms with Gasteiger partial charge in [-0.15, -0.1) is 0 Å². The Labute approximate surface area is 223 Å². The first-order valence-corrected chi connectivity index (χ1v) is 12.6. The van der Waals surface area contributed by atoms with Crippen molar-refractivity contribution < 1.29 is 14.6 Å². The molecule has 0 saturated carbocycles. The number of piperazine rings is 1. The summed E-state index contributed by atoms with van der Waals surface area (Å²) in [6, 6.07) is 13.5. The van der Waals surface area contributed by atoms with Gasteiger partial charge in [-0.05, 0) is 35.9 Å². The van der Waals surface area contributed by atoms with Crippen molar-refractivity contribution in [2.24, 2.45) is 4.99 Å². The number of anilines is 2. The SMILES string of the molecule is COc1nc(N2CCN(C(=O)O)CC2)ccc1N=c1ncc2cc(-c3ccc(Cl)cc3)c3n(c-2n1)CCN3. The number of aromatic nitrogens is 4. The highest BCUT2D eigenvalue weighted by Gasteiger charge is 2.23. The number of halogens is 1. The van der Waals surface area contributed by atoms with E-state index >= 15 is 0 Å². The summed E-state index contributed by atoms with van der Waals surface area (Å²) in [7, 11) is 1.54. The van der Waals surface area contributed by atoms with Crippen LogP contribution in [0, 0.1) is 0 Å². The number of nitrogens with zero attached hydrogens (tertiary/aromatic N) is 7. The molecule has 0 spiro atoms. The number of carboxylic acid groups (broad SMARTS) is 1. The maximum atomic E-state index is 11.2. The van der Waals surface area contributed by atoms with Crippen LogP contribution in [0.15, 0.2) is 53.7 Å². The van der Waals surface area contributed by atoms with Gasteiger partial charge in [-0.25, -0.2) is 14.8 Å². The number of nitrogens with one attached hydrogen (secondary N) is 1. The molecule has 1 fully saturated rings. The van der Waals surface area contributed by atoms with Crippen LogP contribution >= 0.6 is 11.6 Å². The zero-order chi connectivity index (χ0) is 26.2. The molecule has 0 radical (unpaired) electrons. The van der Waals surface area contributed by atoms with Crippen LogP contribution in [0.1, 0.15) is 0 Å². The normalized spacial score (nSPS) is 15.5. The van der Waals surface area contributed by atoms with Crippen molar-refractivity contribution >= 4 is 35.0 Å². The van der Waals surface area contributed by atoms with Crippen molar-refractivity contribution in [1.29, 1.82) is 0 Å². The molecule has 1 aromatic heterocycles. The van der Waals surface area contributed by atoms with E-state index in [0.717, 1.165) is 41.4 Å². The highest BCUT2D eigenvalue weighted by molar-refractivity contribution is 6.30. The number of pyridine rings is 2. The molecule has 0 unspecified atom stereocenters. The van der Waals surface area contributed by atoms with Crippen LogP contribution in [0.5, 0.6) is 5.88 Å². The fourth-order valence-corrected chi connectivity index (χ4v) is 4.96. The quantitative estimate of drug-likeness (QED) is 0.409. The molecule has 4 aliphatic heterocycles. The Bertz CT molecular complexity index is 1550. The number of carbonyl (C=O) groups is 1. The van der Waals surface area contributed by atoms with Crippen molar-refractivity contribution in [3.05, 3.63) is 59.3 Å². The van der Waals surface area contributed by atoms with E-state index in [9.17, 15) is 9.90 Å². The smallest absolute Gasteiger partial charge is 0.407 e. The van der Waals surface area contributed by atoms with Crippen molar-refractivity contribution in [2.75, 3.05) is 50.1 Å².